The van der Waals surface area contributed by atoms with Crippen LogP contribution in [0.5, 0.6) is 0 Å². The number of anilines is 1. The third-order valence-corrected chi connectivity index (χ3v) is 3.76. The van der Waals surface area contributed by atoms with Crippen molar-refractivity contribution >= 4 is 11.6 Å². The molecule has 4 heteroatoms. The lowest BCUT2D eigenvalue weighted by Crippen LogP contribution is -2.39. The number of rotatable bonds is 8. The Hall–Kier alpha value is -2.07. The molecule has 0 bridgehead atoms. The highest BCUT2D eigenvalue weighted by atomic mass is 16.3. The van der Waals surface area contributed by atoms with Crippen molar-refractivity contribution in [3.8, 4) is 0 Å². The molecule has 0 aliphatic carbocycles. The average Bonchev–Trinajstić information content (AvgIpc) is 3.04. The highest BCUT2D eigenvalue weighted by Gasteiger charge is 2.18. The average molecular weight is 314 g/mol. The monoisotopic (exact) mass is 314 g/mol. The second kappa shape index (κ2) is 8.53. The smallest absolute Gasteiger partial charge is 0.241 e. The van der Waals surface area contributed by atoms with Crippen LogP contribution in [0.3, 0.4) is 0 Å². The molecule has 0 unspecified atom stereocenters. The van der Waals surface area contributed by atoms with Gasteiger partial charge in [-0.3, -0.25) is 9.69 Å². The van der Waals surface area contributed by atoms with E-state index in [0.29, 0.717) is 19.0 Å². The number of likely N-dealkylation sites (N-methyl/N-ethyl adjacent to an activating group) is 1. The third kappa shape index (κ3) is 5.57. The van der Waals surface area contributed by atoms with Crippen molar-refractivity contribution in [1.29, 1.82) is 0 Å². The van der Waals surface area contributed by atoms with Gasteiger partial charge in [-0.15, -0.1) is 0 Å². The van der Waals surface area contributed by atoms with Crippen LogP contribution in [0.1, 0.15) is 26.0 Å². The van der Waals surface area contributed by atoms with Crippen molar-refractivity contribution in [3.05, 3.63) is 54.5 Å². The van der Waals surface area contributed by atoms with Gasteiger partial charge in [-0.25, -0.2) is 0 Å². The lowest BCUT2D eigenvalue weighted by molar-refractivity contribution is -0.119. The molecule has 0 aliphatic rings. The molecule has 1 aromatic heterocycles. The Labute approximate surface area is 138 Å². The van der Waals surface area contributed by atoms with Gasteiger partial charge in [0.05, 0.1) is 19.4 Å². The standard InChI is InChI=1S/C19H26N2O2/c1-16(2)11-12-20(3)15-19(22)21(14-18-10-7-13-23-18)17-8-5-4-6-9-17/h4-10,13,16H,11-12,14-15H2,1-3H3. The van der Waals surface area contributed by atoms with Crippen molar-refractivity contribution in [1.82, 2.24) is 4.90 Å². The maximum atomic E-state index is 12.8. The van der Waals surface area contributed by atoms with E-state index in [1.54, 1.807) is 11.2 Å². The first-order valence-electron chi connectivity index (χ1n) is 8.12. The molecule has 124 valence electrons. The van der Waals surface area contributed by atoms with E-state index in [0.717, 1.165) is 24.4 Å². The van der Waals surface area contributed by atoms with Crippen LogP contribution in [0.25, 0.3) is 0 Å². The van der Waals surface area contributed by atoms with E-state index >= 15 is 0 Å². The van der Waals surface area contributed by atoms with Crippen LogP contribution in [0.4, 0.5) is 5.69 Å². The van der Waals surface area contributed by atoms with Crippen LogP contribution in [-0.4, -0.2) is 30.9 Å². The van der Waals surface area contributed by atoms with Crippen LogP contribution in [0.2, 0.25) is 0 Å². The molecule has 0 N–H and O–H groups in total. The molecule has 4 nitrogen and oxygen atoms in total. The molecule has 0 spiro atoms. The van der Waals surface area contributed by atoms with Crippen LogP contribution in [0.15, 0.2) is 53.1 Å². The number of benzene rings is 1. The molecule has 1 heterocycles. The first kappa shape index (κ1) is 17.3. The summed E-state index contributed by atoms with van der Waals surface area (Å²) in [4.78, 5) is 16.6. The van der Waals surface area contributed by atoms with Crippen molar-refractivity contribution < 1.29 is 9.21 Å². The quantitative estimate of drug-likeness (QED) is 0.744. The van der Waals surface area contributed by atoms with Crippen molar-refractivity contribution in [2.24, 2.45) is 5.92 Å². The third-order valence-electron chi connectivity index (χ3n) is 3.76. The van der Waals surface area contributed by atoms with Gasteiger partial charge >= 0.3 is 0 Å². The summed E-state index contributed by atoms with van der Waals surface area (Å²) in [6, 6.07) is 13.5. The highest BCUT2D eigenvalue weighted by molar-refractivity contribution is 5.94. The Bertz CT molecular complexity index is 579. The lowest BCUT2D eigenvalue weighted by Gasteiger charge is -2.25. The molecule has 0 fully saturated rings. The van der Waals surface area contributed by atoms with E-state index in [-0.39, 0.29) is 5.91 Å². The molecular formula is C19H26N2O2. The van der Waals surface area contributed by atoms with E-state index in [9.17, 15) is 4.79 Å². The maximum Gasteiger partial charge on any atom is 0.241 e. The van der Waals surface area contributed by atoms with E-state index < -0.39 is 0 Å². The van der Waals surface area contributed by atoms with Crippen LogP contribution in [0, 0.1) is 5.92 Å². The summed E-state index contributed by atoms with van der Waals surface area (Å²) in [5, 5.41) is 0. The number of amides is 1. The van der Waals surface area contributed by atoms with Gasteiger partial charge in [0.1, 0.15) is 5.76 Å². The van der Waals surface area contributed by atoms with Gasteiger partial charge in [-0.1, -0.05) is 32.0 Å². The topological polar surface area (TPSA) is 36.7 Å². The first-order chi connectivity index (χ1) is 11.1. The Kier molecular flexibility index (Phi) is 6.41. The summed E-state index contributed by atoms with van der Waals surface area (Å²) >= 11 is 0. The highest BCUT2D eigenvalue weighted by Crippen LogP contribution is 2.17. The SMILES string of the molecule is CC(C)CCN(C)CC(=O)N(Cc1ccco1)c1ccccc1. The predicted octanol–water partition coefficient (Wildman–Crippen LogP) is 3.79. The van der Waals surface area contributed by atoms with E-state index in [2.05, 4.69) is 18.7 Å². The van der Waals surface area contributed by atoms with E-state index in [1.165, 1.54) is 0 Å². The minimum atomic E-state index is 0.0823. The summed E-state index contributed by atoms with van der Waals surface area (Å²) < 4.78 is 5.41. The Morgan fingerprint density at radius 2 is 1.87 bits per heavy atom. The molecule has 0 radical (unpaired) electrons. The van der Waals surface area contributed by atoms with Crippen molar-refractivity contribution in [3.63, 3.8) is 0 Å². The molecule has 23 heavy (non-hydrogen) atoms. The Morgan fingerprint density at radius 3 is 2.48 bits per heavy atom. The molecule has 1 amide bonds. The van der Waals surface area contributed by atoms with Gasteiger partial charge in [0, 0.05) is 5.69 Å². The molecule has 1 aromatic carbocycles. The second-order valence-corrected chi connectivity index (χ2v) is 6.32. The van der Waals surface area contributed by atoms with Gasteiger partial charge in [-0.05, 0) is 50.2 Å². The number of nitrogens with zero attached hydrogens (tertiary/aromatic N) is 2. The lowest BCUT2D eigenvalue weighted by atomic mass is 10.1. The van der Waals surface area contributed by atoms with Crippen LogP contribution in [-0.2, 0) is 11.3 Å². The summed E-state index contributed by atoms with van der Waals surface area (Å²) in [6.45, 7) is 6.18. The number of carbonyl (C=O) groups is 1. The predicted molar refractivity (Wildman–Crippen MR) is 93.3 cm³/mol. The molecule has 0 aliphatic heterocycles. The van der Waals surface area contributed by atoms with Gasteiger partial charge in [0.15, 0.2) is 0 Å². The molecule has 0 saturated carbocycles. The minimum Gasteiger partial charge on any atom is -0.467 e. The van der Waals surface area contributed by atoms with Gasteiger partial charge < -0.3 is 9.32 Å². The Balaban J connectivity index is 2.05. The zero-order valence-corrected chi connectivity index (χ0v) is 14.2. The zero-order valence-electron chi connectivity index (χ0n) is 14.2. The largest absolute Gasteiger partial charge is 0.467 e. The number of para-hydroxylation sites is 1. The summed E-state index contributed by atoms with van der Waals surface area (Å²) in [7, 11) is 2.00. The van der Waals surface area contributed by atoms with Crippen molar-refractivity contribution in [2.45, 2.75) is 26.8 Å². The fourth-order valence-corrected chi connectivity index (χ4v) is 2.36. The van der Waals surface area contributed by atoms with E-state index in [4.69, 9.17) is 4.42 Å². The van der Waals surface area contributed by atoms with E-state index in [1.807, 2.05) is 49.5 Å². The number of hydrogen-bond acceptors (Lipinski definition) is 3. The molecule has 0 saturated heterocycles. The fraction of sp³-hybridized carbons (Fsp3) is 0.421. The van der Waals surface area contributed by atoms with Gasteiger partial charge in [0.2, 0.25) is 5.91 Å². The molecule has 0 atom stereocenters. The zero-order chi connectivity index (χ0) is 16.7. The van der Waals surface area contributed by atoms with Crippen molar-refractivity contribution in [2.75, 3.05) is 25.0 Å². The first-order valence-corrected chi connectivity index (χ1v) is 8.12. The van der Waals surface area contributed by atoms with Gasteiger partial charge in [0.25, 0.3) is 0 Å². The number of carbonyl (C=O) groups excluding carboxylic acids is 1. The molecular weight excluding hydrogens is 288 g/mol. The fourth-order valence-electron chi connectivity index (χ4n) is 2.36. The van der Waals surface area contributed by atoms with Gasteiger partial charge in [-0.2, -0.15) is 0 Å². The molecule has 2 rings (SSSR count). The number of hydrogen-bond donors (Lipinski definition) is 0. The summed E-state index contributed by atoms with van der Waals surface area (Å²) in [5.41, 5.74) is 0.895. The summed E-state index contributed by atoms with van der Waals surface area (Å²) in [6.07, 6.45) is 2.73. The minimum absolute atomic E-state index is 0.0823. The molecule has 2 aromatic rings. The summed E-state index contributed by atoms with van der Waals surface area (Å²) in [5.74, 6) is 1.51. The van der Waals surface area contributed by atoms with Crippen LogP contribution < -0.4 is 4.90 Å². The Morgan fingerprint density at radius 1 is 1.13 bits per heavy atom. The normalized spacial score (nSPS) is 11.2. The second-order valence-electron chi connectivity index (χ2n) is 6.32. The number of furan rings is 1. The maximum absolute atomic E-state index is 12.8. The van der Waals surface area contributed by atoms with Crippen LogP contribution >= 0.6 is 0 Å².